The predicted octanol–water partition coefficient (Wildman–Crippen LogP) is 4.42. The molecule has 2 rings (SSSR count). The van der Waals surface area contributed by atoms with Crippen molar-refractivity contribution in [1.82, 2.24) is 0 Å². The SMILES string of the molecule is Cc1cc(Nc2cccc(N)c2C)c(Cl)cc1F. The van der Waals surface area contributed by atoms with Crippen LogP contribution < -0.4 is 11.1 Å². The molecule has 4 heteroatoms. The number of nitrogens with one attached hydrogen (secondary N) is 1. The van der Waals surface area contributed by atoms with Crippen LogP contribution >= 0.6 is 11.6 Å². The van der Waals surface area contributed by atoms with Crippen molar-refractivity contribution in [1.29, 1.82) is 0 Å². The molecule has 0 spiro atoms. The van der Waals surface area contributed by atoms with E-state index in [1.807, 2.05) is 25.1 Å². The standard InChI is InChI=1S/C14H14ClFN2/c1-8-6-14(10(15)7-11(8)16)18-13-5-3-4-12(17)9(13)2/h3-7,18H,17H2,1-2H3. The number of halogens is 2. The van der Waals surface area contributed by atoms with Gasteiger partial charge < -0.3 is 11.1 Å². The zero-order chi connectivity index (χ0) is 13.3. The highest BCUT2D eigenvalue weighted by molar-refractivity contribution is 6.33. The Balaban J connectivity index is 2.40. The van der Waals surface area contributed by atoms with E-state index in [0.717, 1.165) is 11.3 Å². The average molecular weight is 265 g/mol. The highest BCUT2D eigenvalue weighted by Crippen LogP contribution is 2.30. The van der Waals surface area contributed by atoms with Crippen LogP contribution in [-0.2, 0) is 0 Å². The van der Waals surface area contributed by atoms with E-state index in [9.17, 15) is 4.39 Å². The largest absolute Gasteiger partial charge is 0.398 e. The molecule has 3 N–H and O–H groups in total. The lowest BCUT2D eigenvalue weighted by molar-refractivity contribution is 0.619. The van der Waals surface area contributed by atoms with Crippen LogP contribution in [0, 0.1) is 19.7 Å². The molecule has 2 aromatic carbocycles. The molecule has 0 unspecified atom stereocenters. The van der Waals surface area contributed by atoms with Gasteiger partial charge in [0.15, 0.2) is 0 Å². The van der Waals surface area contributed by atoms with Crippen LogP contribution in [0.1, 0.15) is 11.1 Å². The van der Waals surface area contributed by atoms with Crippen LogP contribution in [0.4, 0.5) is 21.5 Å². The van der Waals surface area contributed by atoms with Crippen molar-refractivity contribution in [3.8, 4) is 0 Å². The average Bonchev–Trinajstić information content (AvgIpc) is 2.32. The second-order valence-corrected chi connectivity index (χ2v) is 4.63. The van der Waals surface area contributed by atoms with Gasteiger partial charge in [-0.25, -0.2) is 4.39 Å². The minimum absolute atomic E-state index is 0.310. The topological polar surface area (TPSA) is 38.0 Å². The third-order valence-electron chi connectivity index (χ3n) is 2.89. The van der Waals surface area contributed by atoms with E-state index in [-0.39, 0.29) is 5.82 Å². The zero-order valence-corrected chi connectivity index (χ0v) is 11.0. The fraction of sp³-hybridized carbons (Fsp3) is 0.143. The summed E-state index contributed by atoms with van der Waals surface area (Å²) in [6.45, 7) is 3.62. The Morgan fingerprint density at radius 3 is 2.61 bits per heavy atom. The zero-order valence-electron chi connectivity index (χ0n) is 10.2. The summed E-state index contributed by atoms with van der Waals surface area (Å²) in [6, 6.07) is 8.58. The first-order valence-corrected chi connectivity index (χ1v) is 5.94. The number of nitrogens with two attached hydrogens (primary N) is 1. The normalized spacial score (nSPS) is 10.4. The van der Waals surface area contributed by atoms with Crippen molar-refractivity contribution in [3.63, 3.8) is 0 Å². The lowest BCUT2D eigenvalue weighted by Crippen LogP contribution is -1.98. The lowest BCUT2D eigenvalue weighted by atomic mass is 10.1. The monoisotopic (exact) mass is 264 g/mol. The Bertz CT molecular complexity index is 597. The third kappa shape index (κ3) is 2.41. The molecule has 0 heterocycles. The molecule has 0 aliphatic rings. The van der Waals surface area contributed by atoms with Gasteiger partial charge in [0.05, 0.1) is 10.7 Å². The molecule has 2 nitrogen and oxygen atoms in total. The summed E-state index contributed by atoms with van der Waals surface area (Å²) in [5.41, 5.74) is 9.56. The van der Waals surface area contributed by atoms with Crippen molar-refractivity contribution in [2.45, 2.75) is 13.8 Å². The van der Waals surface area contributed by atoms with Gasteiger partial charge in [-0.3, -0.25) is 0 Å². The van der Waals surface area contributed by atoms with E-state index in [1.165, 1.54) is 6.07 Å². The van der Waals surface area contributed by atoms with Crippen LogP contribution in [0.25, 0.3) is 0 Å². The summed E-state index contributed by atoms with van der Waals surface area (Å²) >= 11 is 6.01. The molecule has 18 heavy (non-hydrogen) atoms. The molecule has 0 bridgehead atoms. The fourth-order valence-corrected chi connectivity index (χ4v) is 1.88. The van der Waals surface area contributed by atoms with E-state index in [4.69, 9.17) is 17.3 Å². The number of hydrogen-bond donors (Lipinski definition) is 2. The van der Waals surface area contributed by atoms with E-state index >= 15 is 0 Å². The fourth-order valence-electron chi connectivity index (χ4n) is 1.69. The van der Waals surface area contributed by atoms with Gasteiger partial charge in [0.2, 0.25) is 0 Å². The molecular weight excluding hydrogens is 251 g/mol. The summed E-state index contributed by atoms with van der Waals surface area (Å²) in [7, 11) is 0. The molecule has 0 amide bonds. The van der Waals surface area contributed by atoms with Gasteiger partial charge in [-0.1, -0.05) is 17.7 Å². The Morgan fingerprint density at radius 2 is 1.89 bits per heavy atom. The van der Waals surface area contributed by atoms with E-state index in [1.54, 1.807) is 13.0 Å². The molecule has 0 aliphatic carbocycles. The highest BCUT2D eigenvalue weighted by atomic mass is 35.5. The van der Waals surface area contributed by atoms with Crippen LogP contribution in [0.5, 0.6) is 0 Å². The number of anilines is 3. The third-order valence-corrected chi connectivity index (χ3v) is 3.21. The van der Waals surface area contributed by atoms with Crippen molar-refractivity contribution >= 4 is 28.7 Å². The van der Waals surface area contributed by atoms with Crippen molar-refractivity contribution in [2.75, 3.05) is 11.1 Å². The van der Waals surface area contributed by atoms with Crippen LogP contribution in [0.15, 0.2) is 30.3 Å². The molecular formula is C14H14ClFN2. The van der Waals surface area contributed by atoms with Crippen molar-refractivity contribution in [3.05, 3.63) is 52.3 Å². The number of benzene rings is 2. The number of hydrogen-bond acceptors (Lipinski definition) is 2. The Hall–Kier alpha value is -1.74. The molecule has 0 saturated carbocycles. The number of nitrogen functional groups attached to an aromatic ring is 1. The molecule has 94 valence electrons. The quantitative estimate of drug-likeness (QED) is 0.788. The number of aryl methyl sites for hydroxylation is 1. The highest BCUT2D eigenvalue weighted by Gasteiger charge is 2.08. The Morgan fingerprint density at radius 1 is 1.17 bits per heavy atom. The van der Waals surface area contributed by atoms with Gasteiger partial charge in [0.25, 0.3) is 0 Å². The summed E-state index contributed by atoms with van der Waals surface area (Å²) in [6.07, 6.45) is 0. The van der Waals surface area contributed by atoms with Gasteiger partial charge in [0.1, 0.15) is 5.82 Å². The molecule has 0 atom stereocenters. The van der Waals surface area contributed by atoms with Crippen molar-refractivity contribution < 1.29 is 4.39 Å². The molecule has 0 fully saturated rings. The van der Waals surface area contributed by atoms with Gasteiger partial charge in [-0.15, -0.1) is 0 Å². The Labute approximate surface area is 111 Å². The van der Waals surface area contributed by atoms with E-state index < -0.39 is 0 Å². The van der Waals surface area contributed by atoms with Crippen LogP contribution in [-0.4, -0.2) is 0 Å². The second kappa shape index (κ2) is 4.86. The van der Waals surface area contributed by atoms with E-state index in [2.05, 4.69) is 5.32 Å². The molecule has 0 aliphatic heterocycles. The Kier molecular flexibility index (Phi) is 3.43. The molecule has 2 aromatic rings. The second-order valence-electron chi connectivity index (χ2n) is 4.23. The molecule has 0 aromatic heterocycles. The lowest BCUT2D eigenvalue weighted by Gasteiger charge is -2.13. The maximum Gasteiger partial charge on any atom is 0.127 e. The van der Waals surface area contributed by atoms with Gasteiger partial charge in [0, 0.05) is 11.4 Å². The summed E-state index contributed by atoms with van der Waals surface area (Å²) in [5, 5.41) is 3.52. The predicted molar refractivity (Wildman–Crippen MR) is 75.0 cm³/mol. The maximum atomic E-state index is 13.3. The van der Waals surface area contributed by atoms with Crippen LogP contribution in [0.2, 0.25) is 5.02 Å². The molecule has 0 saturated heterocycles. The van der Waals surface area contributed by atoms with Gasteiger partial charge >= 0.3 is 0 Å². The first-order valence-electron chi connectivity index (χ1n) is 5.57. The number of rotatable bonds is 2. The van der Waals surface area contributed by atoms with Crippen molar-refractivity contribution in [2.24, 2.45) is 0 Å². The summed E-state index contributed by atoms with van der Waals surface area (Å²) in [5.74, 6) is -0.310. The summed E-state index contributed by atoms with van der Waals surface area (Å²) < 4.78 is 13.3. The minimum Gasteiger partial charge on any atom is -0.398 e. The first-order chi connectivity index (χ1) is 8.49. The van der Waals surface area contributed by atoms with Gasteiger partial charge in [-0.05, 0) is 49.2 Å². The van der Waals surface area contributed by atoms with Gasteiger partial charge in [-0.2, -0.15) is 0 Å². The summed E-state index contributed by atoms with van der Waals surface area (Å²) in [4.78, 5) is 0. The first kappa shape index (κ1) is 12.7. The van der Waals surface area contributed by atoms with Crippen LogP contribution in [0.3, 0.4) is 0 Å². The maximum absolute atomic E-state index is 13.3. The van der Waals surface area contributed by atoms with E-state index in [0.29, 0.717) is 22.0 Å². The minimum atomic E-state index is -0.310. The smallest absolute Gasteiger partial charge is 0.127 e. The molecule has 0 radical (unpaired) electrons.